The fraction of sp³-hybridized carbons (Fsp3) is 0.833. The average Bonchev–Trinajstić information content (AvgIpc) is 2.93. The number of hydrogen-bond donors (Lipinski definition) is 2. The van der Waals surface area contributed by atoms with Crippen molar-refractivity contribution in [3.05, 3.63) is 6.20 Å². The summed E-state index contributed by atoms with van der Waals surface area (Å²) in [6.07, 6.45) is 8.22. The number of nitrogens with zero attached hydrogens (tertiary/aromatic N) is 2. The second-order valence-corrected chi connectivity index (χ2v) is 5.86. The molecule has 0 aliphatic carbocycles. The molecule has 0 aliphatic heterocycles. The van der Waals surface area contributed by atoms with E-state index in [1.54, 1.807) is 6.20 Å². The molecule has 110 valence electrons. The normalized spacial score (nSPS) is 12.5. The van der Waals surface area contributed by atoms with Crippen LogP contribution in [-0.4, -0.2) is 51.7 Å². The molecule has 0 radical (unpaired) electrons. The van der Waals surface area contributed by atoms with Crippen molar-refractivity contribution in [2.24, 2.45) is 0 Å². The zero-order valence-corrected chi connectivity index (χ0v) is 13.0. The van der Waals surface area contributed by atoms with Crippen molar-refractivity contribution in [1.29, 1.82) is 0 Å². The van der Waals surface area contributed by atoms with Gasteiger partial charge >= 0.3 is 0 Å². The van der Waals surface area contributed by atoms with Crippen LogP contribution in [0.25, 0.3) is 0 Å². The van der Waals surface area contributed by atoms with Gasteiger partial charge in [-0.2, -0.15) is 16.1 Å². The second kappa shape index (κ2) is 11.5. The van der Waals surface area contributed by atoms with Gasteiger partial charge in [0.1, 0.15) is 18.9 Å². The molecular formula is C12H23N3O2S2. The Bertz CT molecular complexity index is 299. The third kappa shape index (κ3) is 9.21. The third-order valence-corrected chi connectivity index (χ3v) is 3.75. The number of aromatic nitrogens is 2. The van der Waals surface area contributed by atoms with Gasteiger partial charge in [-0.1, -0.05) is 12.8 Å². The van der Waals surface area contributed by atoms with E-state index in [1.807, 2.05) is 11.8 Å². The lowest BCUT2D eigenvalue weighted by molar-refractivity contribution is 0.104. The number of nitrogens with one attached hydrogen (secondary N) is 1. The number of rotatable bonds is 12. The molecule has 0 bridgehead atoms. The third-order valence-electron chi connectivity index (χ3n) is 2.60. The molecule has 0 aliphatic rings. The summed E-state index contributed by atoms with van der Waals surface area (Å²) in [5.41, 5.74) is 0. The van der Waals surface area contributed by atoms with Gasteiger partial charge in [-0.25, -0.2) is 0 Å². The van der Waals surface area contributed by atoms with Crippen LogP contribution in [0.4, 0.5) is 0 Å². The maximum absolute atomic E-state index is 9.69. The van der Waals surface area contributed by atoms with Crippen LogP contribution in [0.2, 0.25) is 0 Å². The van der Waals surface area contributed by atoms with E-state index in [9.17, 15) is 5.11 Å². The Kier molecular flexibility index (Phi) is 10.1. The summed E-state index contributed by atoms with van der Waals surface area (Å²) in [6, 6.07) is 0. The van der Waals surface area contributed by atoms with Gasteiger partial charge in [-0.15, -0.1) is 4.37 Å². The molecule has 1 aromatic rings. The summed E-state index contributed by atoms with van der Waals surface area (Å²) in [5.74, 6) is 1.74. The van der Waals surface area contributed by atoms with E-state index in [4.69, 9.17) is 4.74 Å². The second-order valence-electron chi connectivity index (χ2n) is 4.32. The van der Waals surface area contributed by atoms with Gasteiger partial charge in [0, 0.05) is 6.54 Å². The highest BCUT2D eigenvalue weighted by Gasteiger charge is 2.05. The van der Waals surface area contributed by atoms with Crippen molar-refractivity contribution in [3.8, 4) is 5.88 Å². The Morgan fingerprint density at radius 2 is 2.26 bits per heavy atom. The van der Waals surface area contributed by atoms with Crippen molar-refractivity contribution in [2.75, 3.05) is 31.7 Å². The van der Waals surface area contributed by atoms with Crippen LogP contribution in [-0.2, 0) is 0 Å². The molecule has 0 amide bonds. The SMILES string of the molecule is CSCCCCCCNCC(O)COc1cnsn1. The topological polar surface area (TPSA) is 67.3 Å². The largest absolute Gasteiger partial charge is 0.473 e. The number of aliphatic hydroxyl groups is 1. The van der Waals surface area contributed by atoms with Gasteiger partial charge in [-0.05, 0) is 31.4 Å². The van der Waals surface area contributed by atoms with E-state index < -0.39 is 6.10 Å². The van der Waals surface area contributed by atoms with Crippen molar-refractivity contribution in [3.63, 3.8) is 0 Å². The Hall–Kier alpha value is -0.370. The van der Waals surface area contributed by atoms with Gasteiger partial charge in [0.15, 0.2) is 0 Å². The molecule has 0 fully saturated rings. The minimum Gasteiger partial charge on any atom is -0.473 e. The maximum Gasteiger partial charge on any atom is 0.245 e. The number of hydrogen-bond acceptors (Lipinski definition) is 7. The predicted octanol–water partition coefficient (Wildman–Crippen LogP) is 1.79. The molecule has 1 heterocycles. The lowest BCUT2D eigenvalue weighted by atomic mass is 10.2. The van der Waals surface area contributed by atoms with Crippen LogP contribution in [0.3, 0.4) is 0 Å². The van der Waals surface area contributed by atoms with Crippen LogP contribution in [0.1, 0.15) is 25.7 Å². The van der Waals surface area contributed by atoms with Crippen molar-refractivity contribution in [1.82, 2.24) is 14.1 Å². The molecule has 0 saturated heterocycles. The minimum absolute atomic E-state index is 0.256. The summed E-state index contributed by atoms with van der Waals surface area (Å²) in [4.78, 5) is 0. The number of aliphatic hydroxyl groups excluding tert-OH is 1. The highest BCUT2D eigenvalue weighted by Crippen LogP contribution is 2.05. The Morgan fingerprint density at radius 1 is 1.42 bits per heavy atom. The highest BCUT2D eigenvalue weighted by molar-refractivity contribution is 7.98. The molecular weight excluding hydrogens is 282 g/mol. The lowest BCUT2D eigenvalue weighted by Crippen LogP contribution is -2.32. The van der Waals surface area contributed by atoms with E-state index in [1.165, 1.54) is 25.0 Å². The smallest absolute Gasteiger partial charge is 0.245 e. The number of thioether (sulfide) groups is 1. The zero-order valence-electron chi connectivity index (χ0n) is 11.4. The number of unbranched alkanes of at least 4 members (excludes halogenated alkanes) is 3. The van der Waals surface area contributed by atoms with Crippen LogP contribution < -0.4 is 10.1 Å². The van der Waals surface area contributed by atoms with Gasteiger partial charge in [0.05, 0.1) is 11.7 Å². The van der Waals surface area contributed by atoms with Crippen LogP contribution >= 0.6 is 23.5 Å². The van der Waals surface area contributed by atoms with E-state index in [2.05, 4.69) is 20.3 Å². The van der Waals surface area contributed by atoms with E-state index >= 15 is 0 Å². The first-order valence-electron chi connectivity index (χ1n) is 6.61. The molecule has 1 aromatic heterocycles. The summed E-state index contributed by atoms with van der Waals surface area (Å²) in [7, 11) is 0. The van der Waals surface area contributed by atoms with Crippen molar-refractivity contribution >= 4 is 23.5 Å². The molecule has 5 nitrogen and oxygen atoms in total. The van der Waals surface area contributed by atoms with E-state index in [0.717, 1.165) is 24.7 Å². The first-order chi connectivity index (χ1) is 9.33. The number of ether oxygens (including phenoxy) is 1. The molecule has 2 N–H and O–H groups in total. The summed E-state index contributed by atoms with van der Waals surface area (Å²) in [5, 5.41) is 12.9. The summed E-state index contributed by atoms with van der Waals surface area (Å²) < 4.78 is 13.0. The van der Waals surface area contributed by atoms with Crippen LogP contribution in [0.15, 0.2) is 6.20 Å². The predicted molar refractivity (Wildman–Crippen MR) is 81.1 cm³/mol. The summed E-state index contributed by atoms with van der Waals surface area (Å²) in [6.45, 7) is 1.77. The van der Waals surface area contributed by atoms with Gasteiger partial charge in [0.2, 0.25) is 5.88 Å². The van der Waals surface area contributed by atoms with E-state index in [0.29, 0.717) is 12.4 Å². The first kappa shape index (κ1) is 16.7. The fourth-order valence-electron chi connectivity index (χ4n) is 1.58. The van der Waals surface area contributed by atoms with Crippen LogP contribution in [0.5, 0.6) is 5.88 Å². The molecule has 0 spiro atoms. The molecule has 0 aromatic carbocycles. The minimum atomic E-state index is -0.502. The Morgan fingerprint density at radius 3 is 3.00 bits per heavy atom. The van der Waals surface area contributed by atoms with Crippen molar-refractivity contribution in [2.45, 2.75) is 31.8 Å². The fourth-order valence-corrected chi connectivity index (χ4v) is 2.44. The quantitative estimate of drug-likeness (QED) is 0.574. The molecule has 7 heteroatoms. The van der Waals surface area contributed by atoms with E-state index in [-0.39, 0.29) is 6.61 Å². The molecule has 1 rings (SSSR count). The molecule has 19 heavy (non-hydrogen) atoms. The zero-order chi connectivity index (χ0) is 13.8. The lowest BCUT2D eigenvalue weighted by Gasteiger charge is -2.11. The maximum atomic E-state index is 9.69. The Balaban J connectivity index is 1.86. The summed E-state index contributed by atoms with van der Waals surface area (Å²) >= 11 is 3.01. The standard InChI is InChI=1S/C12H23N3O2S2/c1-18-7-5-3-2-4-6-13-8-11(16)10-17-12-9-14-19-15-12/h9,11,13,16H,2-8,10H2,1H3. The monoisotopic (exact) mass is 305 g/mol. The van der Waals surface area contributed by atoms with Crippen molar-refractivity contribution < 1.29 is 9.84 Å². The Labute approximate surface area is 123 Å². The molecule has 1 atom stereocenters. The van der Waals surface area contributed by atoms with Gasteiger partial charge < -0.3 is 15.2 Å². The molecule has 0 saturated carbocycles. The molecule has 1 unspecified atom stereocenters. The highest BCUT2D eigenvalue weighted by atomic mass is 32.2. The average molecular weight is 305 g/mol. The van der Waals surface area contributed by atoms with Crippen LogP contribution in [0, 0.1) is 0 Å². The van der Waals surface area contributed by atoms with Gasteiger partial charge in [-0.3, -0.25) is 0 Å². The first-order valence-corrected chi connectivity index (χ1v) is 8.73. The van der Waals surface area contributed by atoms with Gasteiger partial charge in [0.25, 0.3) is 0 Å².